The topological polar surface area (TPSA) is 485 Å². The van der Waals surface area contributed by atoms with Crippen LogP contribution in [0, 0.1) is 0 Å². The molecule has 1 aromatic rings. The Hall–Kier alpha value is -7.56. The fourth-order valence-electron chi connectivity index (χ4n) is 8.87. The molecule has 81 heavy (non-hydrogen) atoms. The summed E-state index contributed by atoms with van der Waals surface area (Å²) in [5.41, 5.74) is 23.0. The number of likely N-dealkylation sites (tertiary alicyclic amines) is 1. The smallest absolute Gasteiger partial charge is 0.475 e. The maximum Gasteiger partial charge on any atom is 0.475 e. The van der Waals surface area contributed by atoms with E-state index < -0.39 is 128 Å². The highest BCUT2D eigenvalue weighted by Gasteiger charge is 2.42. The van der Waals surface area contributed by atoms with Crippen LogP contribution < -0.4 is 49.5 Å². The number of aliphatic hydroxyl groups excluding tert-OH is 1. The molecule has 2 saturated heterocycles. The second-order valence-electron chi connectivity index (χ2n) is 20.0. The van der Waals surface area contributed by atoms with Gasteiger partial charge in [0, 0.05) is 98.1 Å². The molecule has 33 heteroatoms. The van der Waals surface area contributed by atoms with Gasteiger partial charge in [-0.25, -0.2) is 0 Å². The van der Waals surface area contributed by atoms with Gasteiger partial charge >= 0.3 is 19.1 Å². The van der Waals surface area contributed by atoms with Gasteiger partial charge in [0.05, 0.1) is 44.6 Å². The monoisotopic (exact) mass is 1150 g/mol. The number of carbonyl (C=O) groups excluding carboxylic acids is 9. The molecule has 2 fully saturated rings. The molecule has 0 radical (unpaired) electrons. The quantitative estimate of drug-likeness (QED) is 0.0153. The molecule has 32 nitrogen and oxygen atoms in total. The van der Waals surface area contributed by atoms with E-state index in [2.05, 4.69) is 31.6 Å². The third-order valence-electron chi connectivity index (χ3n) is 13.2. The van der Waals surface area contributed by atoms with E-state index in [1.54, 1.807) is 38.6 Å². The minimum absolute atomic E-state index is 0.0449. The number of aliphatic imine (C=N–C) groups is 1. The number of nitrogens with one attached hydrogen (secondary N) is 5. The average molecular weight is 1150 g/mol. The maximum atomic E-state index is 13.7. The van der Waals surface area contributed by atoms with Crippen LogP contribution in [0.4, 0.5) is 0 Å². The van der Waals surface area contributed by atoms with Crippen LogP contribution in [0.5, 0.6) is 0 Å². The maximum absolute atomic E-state index is 13.7. The van der Waals surface area contributed by atoms with Gasteiger partial charge in [-0.2, -0.15) is 0 Å². The summed E-state index contributed by atoms with van der Waals surface area (Å²) >= 11 is 0. The summed E-state index contributed by atoms with van der Waals surface area (Å²) in [6.45, 7) is 1.33. The molecule has 3 rings (SSSR count). The molecule has 0 bridgehead atoms. The van der Waals surface area contributed by atoms with E-state index in [0.29, 0.717) is 5.56 Å². The highest BCUT2D eigenvalue weighted by Crippen LogP contribution is 2.20. The summed E-state index contributed by atoms with van der Waals surface area (Å²) < 4.78 is 0. The number of guanidine groups is 1. The first-order valence-corrected chi connectivity index (χ1v) is 26.2. The van der Waals surface area contributed by atoms with Crippen molar-refractivity contribution in [3.8, 4) is 0 Å². The lowest BCUT2D eigenvalue weighted by Crippen LogP contribution is -2.53. The number of nitrogens with zero attached hydrogens (tertiary/aromatic N) is 7. The Morgan fingerprint density at radius 1 is 0.716 bits per heavy atom. The van der Waals surface area contributed by atoms with Gasteiger partial charge in [-0.15, -0.1) is 0 Å². The van der Waals surface area contributed by atoms with Gasteiger partial charge in [-0.05, 0) is 50.3 Å². The lowest BCUT2D eigenvalue weighted by Gasteiger charge is -2.35. The average Bonchev–Trinajstić information content (AvgIpc) is 3.79. The van der Waals surface area contributed by atoms with Crippen molar-refractivity contribution in [3.63, 3.8) is 0 Å². The first-order chi connectivity index (χ1) is 38.1. The number of amides is 9. The molecular formula is C48H79BN16O16. The van der Waals surface area contributed by atoms with Crippen LogP contribution in [-0.2, 0) is 54.5 Å². The van der Waals surface area contributed by atoms with Crippen molar-refractivity contribution in [2.75, 3.05) is 106 Å². The number of β-amino-alcohol motifs (C(OH)–C–C–N with tert-alkyl or cyclic N) is 1. The summed E-state index contributed by atoms with van der Waals surface area (Å²) in [6, 6.07) is 0.369. The van der Waals surface area contributed by atoms with E-state index in [4.69, 9.17) is 22.9 Å². The number of rotatable bonds is 29. The van der Waals surface area contributed by atoms with Crippen molar-refractivity contribution in [1.82, 2.24) is 56.0 Å². The Balaban J connectivity index is 1.68. The standard InChI is InChI=1S/C48H79BN16O16/c1-29(46(77)65-25-32(66)21-36(65)49(80)81)57-43(74)31-8-6-30(7-9-31)23-55-45(76)34(22-42(72)73)59-41(71)24-56-44(75)33(5-4-12-54-48(53)60(2)3)58-40(70)11-10-35(47(78)79)64-19-17-62(27-38(51)68)15-13-61(26-37(50)67)14-16-63(18-20-64)28-39(52)69/h6-9,29,32-36,66,80-81H,4-5,10-28H2,1-3H3,(H2,50,67)(H2,51,68)(H2,52,69)(H2,53,54)(H,55,76)(H,56,75)(H,57,74)(H,58,70)(H,59,71)(H,72,73)(H,78,79)/t29-,32+,33+,34+,35-,36+/m1/s1. The summed E-state index contributed by atoms with van der Waals surface area (Å²) in [4.78, 5) is 154. The van der Waals surface area contributed by atoms with Crippen molar-refractivity contribution in [2.24, 2.45) is 27.9 Å². The van der Waals surface area contributed by atoms with Gasteiger partial charge < -0.3 is 84.7 Å². The molecule has 2 aliphatic heterocycles. The van der Waals surface area contributed by atoms with Crippen molar-refractivity contribution >= 4 is 78.2 Å². The van der Waals surface area contributed by atoms with E-state index >= 15 is 0 Å². The fraction of sp³-hybridized carbons (Fsp3) is 0.625. The van der Waals surface area contributed by atoms with Crippen LogP contribution >= 0.6 is 0 Å². The SMILES string of the molecule is C[C@@H](NC(=O)c1ccc(CNC(=O)[C@H](CC(=O)O)NC(=O)CNC(=O)[C@H](CCCN=C(N)N(C)C)NC(=O)CC[C@H](C(=O)O)N2CCN(CC(N)=O)CCN(CC(N)=O)CCN(CC(N)=O)CC2)cc1)C(=O)N1C[C@@H](O)C[C@H]1B(O)O. The number of benzene rings is 1. The van der Waals surface area contributed by atoms with Crippen molar-refractivity contribution in [3.05, 3.63) is 35.4 Å². The predicted molar refractivity (Wildman–Crippen MR) is 289 cm³/mol. The van der Waals surface area contributed by atoms with Gasteiger partial charge in [0.2, 0.25) is 47.3 Å². The Bertz CT molecular complexity index is 2350. The summed E-state index contributed by atoms with van der Waals surface area (Å²) in [5, 5.41) is 61.6. The van der Waals surface area contributed by atoms with Crippen molar-refractivity contribution in [2.45, 2.75) is 88.2 Å². The molecule has 6 atom stereocenters. The predicted octanol–water partition coefficient (Wildman–Crippen LogP) is -8.48. The molecule has 2 aliphatic rings. The Morgan fingerprint density at radius 2 is 1.23 bits per heavy atom. The van der Waals surface area contributed by atoms with E-state index in [1.165, 1.54) is 31.2 Å². The first kappa shape index (κ1) is 67.7. The molecule has 0 aliphatic carbocycles. The Labute approximate surface area is 468 Å². The molecule has 18 N–H and O–H groups in total. The number of carboxylic acids is 2. The number of hydrogen-bond acceptors (Lipinski definition) is 19. The number of primary amides is 3. The largest absolute Gasteiger partial charge is 0.481 e. The van der Waals surface area contributed by atoms with E-state index in [1.807, 2.05) is 0 Å². The highest BCUT2D eigenvalue weighted by molar-refractivity contribution is 6.43. The number of carboxylic acid groups (broad SMARTS) is 2. The Kier molecular flexibility index (Phi) is 28.3. The zero-order chi connectivity index (χ0) is 60.5. The number of aliphatic hydroxyl groups is 1. The highest BCUT2D eigenvalue weighted by atomic mass is 16.4. The first-order valence-electron chi connectivity index (χ1n) is 26.2. The van der Waals surface area contributed by atoms with Gasteiger partial charge in [0.1, 0.15) is 24.2 Å². The molecule has 0 saturated carbocycles. The second-order valence-corrected chi connectivity index (χ2v) is 20.0. The second kappa shape index (κ2) is 33.9. The van der Waals surface area contributed by atoms with Crippen LogP contribution in [-0.4, -0.2) is 275 Å². The lowest BCUT2D eigenvalue weighted by molar-refractivity contribution is -0.144. The molecule has 0 aromatic heterocycles. The molecule has 2 heterocycles. The number of aliphatic carboxylic acids is 2. The summed E-state index contributed by atoms with van der Waals surface area (Å²) in [7, 11) is 1.43. The third kappa shape index (κ3) is 24.8. The normalized spacial score (nSPS) is 18.5. The molecule has 0 spiro atoms. The number of nitrogens with two attached hydrogens (primary N) is 4. The molecule has 0 unspecified atom stereocenters. The lowest BCUT2D eigenvalue weighted by atomic mass is 9.77. The zero-order valence-corrected chi connectivity index (χ0v) is 45.9. The van der Waals surface area contributed by atoms with Crippen LogP contribution in [0.15, 0.2) is 29.3 Å². The van der Waals surface area contributed by atoms with Crippen molar-refractivity contribution < 1.29 is 78.1 Å². The summed E-state index contributed by atoms with van der Waals surface area (Å²) in [6.07, 6.45) is -2.43. The van der Waals surface area contributed by atoms with Gasteiger partial charge in [0.15, 0.2) is 5.96 Å². The van der Waals surface area contributed by atoms with Gasteiger partial charge in [-0.1, -0.05) is 12.1 Å². The van der Waals surface area contributed by atoms with E-state index in [0.717, 1.165) is 4.90 Å². The molecule has 9 amide bonds. The van der Waals surface area contributed by atoms with Crippen LogP contribution in [0.3, 0.4) is 0 Å². The molecule has 450 valence electrons. The molecule has 1 aromatic carbocycles. The van der Waals surface area contributed by atoms with Crippen molar-refractivity contribution in [1.29, 1.82) is 0 Å². The molecular weight excluding hydrogens is 1070 g/mol. The van der Waals surface area contributed by atoms with E-state index in [9.17, 15) is 78.1 Å². The van der Waals surface area contributed by atoms with Gasteiger partial charge in [-0.3, -0.25) is 77.3 Å². The summed E-state index contributed by atoms with van der Waals surface area (Å²) in [5.74, 6) is -10.3. The number of hydrogen-bond donors (Lipinski definition) is 14. The van der Waals surface area contributed by atoms with Crippen LogP contribution in [0.1, 0.15) is 61.4 Å². The minimum Gasteiger partial charge on any atom is -0.481 e. The zero-order valence-electron chi connectivity index (χ0n) is 45.9. The number of carbonyl (C=O) groups is 11. The Morgan fingerprint density at radius 3 is 1.73 bits per heavy atom. The minimum atomic E-state index is -1.90. The fourth-order valence-corrected chi connectivity index (χ4v) is 8.87. The van der Waals surface area contributed by atoms with Crippen LogP contribution in [0.2, 0.25) is 0 Å². The third-order valence-corrected chi connectivity index (χ3v) is 13.2. The van der Waals surface area contributed by atoms with Gasteiger partial charge in [0.25, 0.3) is 5.91 Å². The van der Waals surface area contributed by atoms with Crippen LogP contribution in [0.25, 0.3) is 0 Å². The van der Waals surface area contributed by atoms with E-state index in [-0.39, 0.29) is 129 Å².